The van der Waals surface area contributed by atoms with Crippen LogP contribution >= 0.6 is 24.8 Å². The van der Waals surface area contributed by atoms with E-state index in [1.165, 1.54) is 6.42 Å². The van der Waals surface area contributed by atoms with Crippen molar-refractivity contribution in [3.8, 4) is 0 Å². The molecule has 2 unspecified atom stereocenters. The van der Waals surface area contributed by atoms with E-state index in [0.29, 0.717) is 30.6 Å². The lowest BCUT2D eigenvalue weighted by atomic mass is 10.1. The highest BCUT2D eigenvalue weighted by Crippen LogP contribution is 2.30. The summed E-state index contributed by atoms with van der Waals surface area (Å²) in [6.07, 6.45) is 3.87. The Labute approximate surface area is 166 Å². The van der Waals surface area contributed by atoms with Crippen LogP contribution in [0.5, 0.6) is 0 Å². The summed E-state index contributed by atoms with van der Waals surface area (Å²) in [7, 11) is 1.97. The number of anilines is 2. The monoisotopic (exact) mass is 400 g/mol. The van der Waals surface area contributed by atoms with Gasteiger partial charge >= 0.3 is 0 Å². The molecule has 0 spiro atoms. The van der Waals surface area contributed by atoms with Crippen LogP contribution in [0.25, 0.3) is 0 Å². The first-order chi connectivity index (χ1) is 11.6. The molecule has 3 aliphatic rings. The zero-order valence-corrected chi connectivity index (χ0v) is 16.5. The first kappa shape index (κ1) is 20.8. The van der Waals surface area contributed by atoms with Gasteiger partial charge in [-0.2, -0.15) is 0 Å². The molecule has 1 aromatic rings. The van der Waals surface area contributed by atoms with Gasteiger partial charge in [0.15, 0.2) is 0 Å². The molecule has 0 aromatic heterocycles. The van der Waals surface area contributed by atoms with Crippen molar-refractivity contribution in [3.63, 3.8) is 0 Å². The highest BCUT2D eigenvalue weighted by Gasteiger charge is 2.31. The fraction of sp³-hybridized carbons (Fsp3) is 0.556. The lowest BCUT2D eigenvalue weighted by Crippen LogP contribution is -2.39. The summed E-state index contributed by atoms with van der Waals surface area (Å²) in [5.41, 5.74) is 2.36. The van der Waals surface area contributed by atoms with Gasteiger partial charge in [-0.1, -0.05) is 0 Å². The van der Waals surface area contributed by atoms with Crippen LogP contribution in [0.1, 0.15) is 36.0 Å². The van der Waals surface area contributed by atoms with Crippen molar-refractivity contribution in [2.75, 3.05) is 36.9 Å². The number of nitrogens with zero attached hydrogens (tertiary/aromatic N) is 2. The van der Waals surface area contributed by atoms with Gasteiger partial charge in [0, 0.05) is 50.7 Å². The quantitative estimate of drug-likeness (QED) is 0.758. The van der Waals surface area contributed by atoms with Crippen LogP contribution in [0.2, 0.25) is 0 Å². The highest BCUT2D eigenvalue weighted by molar-refractivity contribution is 6.01. The molecule has 3 aliphatic heterocycles. The van der Waals surface area contributed by atoms with E-state index in [2.05, 4.69) is 15.5 Å². The summed E-state index contributed by atoms with van der Waals surface area (Å²) in [4.78, 5) is 28.8. The smallest absolute Gasteiger partial charge is 0.253 e. The van der Waals surface area contributed by atoms with Gasteiger partial charge < -0.3 is 20.4 Å². The van der Waals surface area contributed by atoms with Crippen LogP contribution in [0, 0.1) is 0 Å². The Morgan fingerprint density at radius 1 is 1.12 bits per heavy atom. The van der Waals surface area contributed by atoms with Gasteiger partial charge in [-0.3, -0.25) is 9.59 Å². The largest absolute Gasteiger partial charge is 0.372 e. The maximum Gasteiger partial charge on any atom is 0.253 e. The van der Waals surface area contributed by atoms with E-state index in [-0.39, 0.29) is 36.6 Å². The Morgan fingerprint density at radius 3 is 2.69 bits per heavy atom. The third-order valence-electron chi connectivity index (χ3n) is 5.41. The molecule has 8 heteroatoms. The predicted molar refractivity (Wildman–Crippen MR) is 108 cm³/mol. The number of fused-ring (bicyclic) bond motifs is 3. The van der Waals surface area contributed by atoms with E-state index >= 15 is 0 Å². The number of hydrogen-bond acceptors (Lipinski definition) is 4. The Bertz CT molecular complexity index is 685. The maximum absolute atomic E-state index is 12.9. The molecule has 26 heavy (non-hydrogen) atoms. The number of halogens is 2. The van der Waals surface area contributed by atoms with Gasteiger partial charge in [0.2, 0.25) is 5.91 Å². The third-order valence-corrected chi connectivity index (χ3v) is 5.41. The second-order valence-electron chi connectivity index (χ2n) is 7.13. The van der Waals surface area contributed by atoms with Crippen LogP contribution in [-0.4, -0.2) is 55.5 Å². The molecule has 2 bridgehead atoms. The number of rotatable bonds is 1. The van der Waals surface area contributed by atoms with Crippen LogP contribution in [0.3, 0.4) is 0 Å². The Hall–Kier alpha value is -1.50. The summed E-state index contributed by atoms with van der Waals surface area (Å²) in [5.74, 6) is 0.0646. The van der Waals surface area contributed by atoms with Crippen molar-refractivity contribution >= 4 is 48.0 Å². The van der Waals surface area contributed by atoms with Crippen molar-refractivity contribution in [1.82, 2.24) is 10.2 Å². The van der Waals surface area contributed by atoms with E-state index in [1.54, 1.807) is 0 Å². The molecular formula is C18H26Cl2N4O2. The second kappa shape index (κ2) is 8.46. The predicted octanol–water partition coefficient (Wildman–Crippen LogP) is 2.28. The Kier molecular flexibility index (Phi) is 6.77. The van der Waals surface area contributed by atoms with E-state index in [1.807, 2.05) is 30.1 Å². The number of hydrogen-bond donors (Lipinski definition) is 2. The molecule has 0 aliphatic carbocycles. The minimum Gasteiger partial charge on any atom is -0.372 e. The Balaban J connectivity index is 0.00000121. The molecule has 0 saturated carbocycles. The fourth-order valence-corrected chi connectivity index (χ4v) is 4.01. The standard InChI is InChI=1S/C18H24N4O2.2ClH/c1-21-8-7-17(23)20-15-10-12(2-5-16(15)21)18(24)22-9-6-13-3-4-14(11-22)19-13;;/h2,5,10,13-14,19H,3-4,6-9,11H2,1H3,(H,20,23);2*1H. The van der Waals surface area contributed by atoms with Crippen molar-refractivity contribution in [2.45, 2.75) is 37.8 Å². The van der Waals surface area contributed by atoms with E-state index in [9.17, 15) is 9.59 Å². The third kappa shape index (κ3) is 4.08. The molecule has 2 atom stereocenters. The maximum atomic E-state index is 12.9. The number of likely N-dealkylation sites (tertiary alicyclic amines) is 1. The molecule has 2 fully saturated rings. The van der Waals surface area contributed by atoms with Gasteiger partial charge in [-0.25, -0.2) is 0 Å². The van der Waals surface area contributed by atoms with Crippen LogP contribution in [-0.2, 0) is 4.79 Å². The van der Waals surface area contributed by atoms with Crippen LogP contribution in [0.4, 0.5) is 11.4 Å². The molecule has 0 radical (unpaired) electrons. The number of nitrogens with one attached hydrogen (secondary N) is 2. The average Bonchev–Trinajstić information content (AvgIpc) is 2.83. The molecule has 3 heterocycles. The van der Waals surface area contributed by atoms with Gasteiger partial charge in [-0.05, 0) is 37.5 Å². The lowest BCUT2D eigenvalue weighted by Gasteiger charge is -2.25. The van der Waals surface area contributed by atoms with Gasteiger partial charge in [-0.15, -0.1) is 24.8 Å². The molecule has 144 valence electrons. The average molecular weight is 401 g/mol. The van der Waals surface area contributed by atoms with Crippen molar-refractivity contribution in [2.24, 2.45) is 0 Å². The highest BCUT2D eigenvalue weighted by atomic mass is 35.5. The minimum atomic E-state index is 0. The second-order valence-corrected chi connectivity index (χ2v) is 7.13. The molecular weight excluding hydrogens is 375 g/mol. The molecule has 6 nitrogen and oxygen atoms in total. The molecule has 2 amide bonds. The van der Waals surface area contributed by atoms with Crippen molar-refractivity contribution < 1.29 is 9.59 Å². The summed E-state index contributed by atoms with van der Waals surface area (Å²) in [6, 6.07) is 6.64. The number of benzene rings is 1. The van der Waals surface area contributed by atoms with E-state index < -0.39 is 0 Å². The summed E-state index contributed by atoms with van der Waals surface area (Å²) < 4.78 is 0. The fourth-order valence-electron chi connectivity index (χ4n) is 4.01. The van der Waals surface area contributed by atoms with Crippen molar-refractivity contribution in [3.05, 3.63) is 23.8 Å². The van der Waals surface area contributed by atoms with E-state index in [4.69, 9.17) is 0 Å². The molecule has 2 N–H and O–H groups in total. The van der Waals surface area contributed by atoms with Gasteiger partial charge in [0.05, 0.1) is 11.4 Å². The minimum absolute atomic E-state index is 0. The lowest BCUT2D eigenvalue weighted by molar-refractivity contribution is -0.115. The SMILES string of the molecule is CN1CCC(=O)Nc2cc(C(=O)N3CCC4CCC(C3)N4)ccc21.Cl.Cl. The molecule has 4 rings (SSSR count). The topological polar surface area (TPSA) is 64.7 Å². The van der Waals surface area contributed by atoms with Gasteiger partial charge in [0.1, 0.15) is 0 Å². The van der Waals surface area contributed by atoms with Crippen molar-refractivity contribution in [1.29, 1.82) is 0 Å². The summed E-state index contributed by atoms with van der Waals surface area (Å²) in [5, 5.41) is 6.53. The Morgan fingerprint density at radius 2 is 1.88 bits per heavy atom. The first-order valence-corrected chi connectivity index (χ1v) is 8.80. The zero-order chi connectivity index (χ0) is 16.7. The number of carbonyl (C=O) groups is 2. The molecule has 2 saturated heterocycles. The first-order valence-electron chi connectivity index (χ1n) is 8.80. The van der Waals surface area contributed by atoms with Crippen LogP contribution in [0.15, 0.2) is 18.2 Å². The van der Waals surface area contributed by atoms with Gasteiger partial charge in [0.25, 0.3) is 5.91 Å². The normalized spacial score (nSPS) is 24.4. The van der Waals surface area contributed by atoms with E-state index in [0.717, 1.165) is 37.3 Å². The number of carbonyl (C=O) groups excluding carboxylic acids is 2. The summed E-state index contributed by atoms with van der Waals surface area (Å²) >= 11 is 0. The van der Waals surface area contributed by atoms with Crippen LogP contribution < -0.4 is 15.5 Å². The number of amides is 2. The summed E-state index contributed by atoms with van der Waals surface area (Å²) in [6.45, 7) is 2.27. The zero-order valence-electron chi connectivity index (χ0n) is 14.9. The molecule has 1 aromatic carbocycles.